The first-order valence-corrected chi connectivity index (χ1v) is 7.75. The summed E-state index contributed by atoms with van der Waals surface area (Å²) in [5.74, 6) is 0.527. The molecule has 0 spiro atoms. The van der Waals surface area contributed by atoms with Crippen LogP contribution in [0, 0.1) is 0 Å². The van der Waals surface area contributed by atoms with Crippen LogP contribution in [-0.4, -0.2) is 10.7 Å². The summed E-state index contributed by atoms with van der Waals surface area (Å²) < 4.78 is 12.6. The Morgan fingerprint density at radius 1 is 1.26 bits per heavy atom. The average Bonchev–Trinajstić information content (AvgIpc) is 2.45. The predicted molar refractivity (Wildman–Crippen MR) is 90.7 cm³/mol. The molecule has 0 aliphatic carbocycles. The number of nitrogens with one attached hydrogen (secondary N) is 1. The van der Waals surface area contributed by atoms with Crippen molar-refractivity contribution < 1.29 is 4.39 Å². The van der Waals surface area contributed by atoms with Crippen LogP contribution in [0.1, 0.15) is 0 Å². The largest absolute Gasteiger partial charge is 0.349 e. The van der Waals surface area contributed by atoms with Crippen LogP contribution < -0.4 is 5.32 Å². The molecule has 0 radical (unpaired) electrons. The van der Waals surface area contributed by atoms with Crippen LogP contribution in [0.4, 0.5) is 10.1 Å². The molecule has 0 fully saturated rings. The summed E-state index contributed by atoms with van der Waals surface area (Å²) in [4.78, 5) is 0.667. The van der Waals surface area contributed by atoms with Gasteiger partial charge in [-0.25, -0.2) is 4.39 Å². The molecule has 0 atom stereocenters. The lowest BCUT2D eigenvalue weighted by Crippen LogP contribution is -2.11. The maximum Gasteiger partial charge on any atom is 0.107 e. The van der Waals surface area contributed by atoms with Crippen molar-refractivity contribution in [3.63, 3.8) is 0 Å². The van der Waals surface area contributed by atoms with Gasteiger partial charge in [0.25, 0.3) is 0 Å². The molecular weight excluding hydrogens is 345 g/mol. The van der Waals surface area contributed by atoms with Gasteiger partial charge in [0, 0.05) is 16.8 Å². The molecule has 19 heavy (non-hydrogen) atoms. The van der Waals surface area contributed by atoms with Gasteiger partial charge in [-0.15, -0.1) is 11.8 Å². The van der Waals surface area contributed by atoms with Crippen LogP contribution in [0.2, 0.25) is 0 Å². The van der Waals surface area contributed by atoms with E-state index in [1.807, 2.05) is 30.3 Å². The molecule has 0 bridgehead atoms. The Hall–Kier alpha value is -0.910. The van der Waals surface area contributed by atoms with Gasteiger partial charge in [-0.05, 0) is 27.4 Å². The standard InChI is InChI=1S/C14H11BrFNS2/c15-13(8-16)19-9-14(18)17-12-7-3-5-10-4-1-2-6-11(10)12/h1-8H,9H2,(H,17,18)/b13-8+. The molecule has 0 amide bonds. The van der Waals surface area contributed by atoms with Crippen molar-refractivity contribution in [3.8, 4) is 0 Å². The van der Waals surface area contributed by atoms with Crippen molar-refractivity contribution in [2.75, 3.05) is 11.1 Å². The summed E-state index contributed by atoms with van der Waals surface area (Å²) in [7, 11) is 0. The van der Waals surface area contributed by atoms with E-state index in [1.54, 1.807) is 0 Å². The number of hydrogen-bond acceptors (Lipinski definition) is 2. The zero-order valence-electron chi connectivity index (χ0n) is 9.90. The highest BCUT2D eigenvalue weighted by Gasteiger charge is 2.03. The summed E-state index contributed by atoms with van der Waals surface area (Å²) in [6, 6.07) is 14.1. The van der Waals surface area contributed by atoms with Crippen molar-refractivity contribution >= 4 is 61.4 Å². The molecule has 0 aliphatic heterocycles. The van der Waals surface area contributed by atoms with Gasteiger partial charge in [-0.3, -0.25) is 0 Å². The Morgan fingerprint density at radius 2 is 2.00 bits per heavy atom. The van der Waals surface area contributed by atoms with E-state index in [0.717, 1.165) is 16.5 Å². The highest BCUT2D eigenvalue weighted by Crippen LogP contribution is 2.25. The molecule has 0 heterocycles. The molecule has 5 heteroatoms. The first-order chi connectivity index (χ1) is 9.20. The summed E-state index contributed by atoms with van der Waals surface area (Å²) in [6.45, 7) is 0. The number of thiocarbonyl (C=S) groups is 1. The van der Waals surface area contributed by atoms with Crippen molar-refractivity contribution in [2.45, 2.75) is 0 Å². The minimum Gasteiger partial charge on any atom is -0.349 e. The minimum absolute atomic E-state index is 0.439. The SMILES string of the molecule is F/C=C(\Br)SCC(=S)Nc1cccc2ccccc12. The summed E-state index contributed by atoms with van der Waals surface area (Å²) >= 11 is 9.66. The van der Waals surface area contributed by atoms with Gasteiger partial charge in [-0.1, -0.05) is 48.6 Å². The molecule has 98 valence electrons. The number of rotatable bonds is 4. The van der Waals surface area contributed by atoms with E-state index in [0.29, 0.717) is 20.9 Å². The smallest absolute Gasteiger partial charge is 0.107 e. The third-order valence-electron chi connectivity index (χ3n) is 2.49. The van der Waals surface area contributed by atoms with Crippen LogP contribution in [-0.2, 0) is 0 Å². The molecule has 2 aromatic carbocycles. The Bertz CT molecular complexity index is 622. The average molecular weight is 356 g/mol. The lowest BCUT2D eigenvalue weighted by Gasteiger charge is -2.10. The fourth-order valence-corrected chi connectivity index (χ4v) is 2.72. The van der Waals surface area contributed by atoms with Gasteiger partial charge in [0.05, 0.1) is 8.80 Å². The molecule has 0 saturated carbocycles. The molecule has 1 N–H and O–H groups in total. The van der Waals surface area contributed by atoms with Crippen LogP contribution in [0.15, 0.2) is 52.6 Å². The van der Waals surface area contributed by atoms with Gasteiger partial charge in [0.15, 0.2) is 0 Å². The second kappa shape index (κ2) is 7.03. The van der Waals surface area contributed by atoms with E-state index < -0.39 is 0 Å². The van der Waals surface area contributed by atoms with Gasteiger partial charge in [0.1, 0.15) is 6.33 Å². The first kappa shape index (κ1) is 14.5. The molecule has 0 aromatic heterocycles. The zero-order valence-corrected chi connectivity index (χ0v) is 13.1. The van der Waals surface area contributed by atoms with Crippen molar-refractivity contribution in [2.24, 2.45) is 0 Å². The van der Waals surface area contributed by atoms with Crippen molar-refractivity contribution in [1.82, 2.24) is 0 Å². The maximum atomic E-state index is 12.2. The number of hydrogen-bond donors (Lipinski definition) is 1. The number of thioether (sulfide) groups is 1. The lowest BCUT2D eigenvalue weighted by molar-refractivity contribution is 0.722. The second-order valence-electron chi connectivity index (χ2n) is 3.78. The highest BCUT2D eigenvalue weighted by atomic mass is 79.9. The number of anilines is 1. The Labute approximate surface area is 129 Å². The third kappa shape index (κ3) is 4.03. The van der Waals surface area contributed by atoms with E-state index in [1.165, 1.54) is 11.8 Å². The third-order valence-corrected chi connectivity index (χ3v) is 4.58. The predicted octanol–water partition coefficient (Wildman–Crippen LogP) is 5.48. The normalized spacial score (nSPS) is 11.6. The summed E-state index contributed by atoms with van der Waals surface area (Å²) in [6.07, 6.45) is 0.519. The molecular formula is C14H11BrFNS2. The second-order valence-corrected chi connectivity index (χ2v) is 6.67. The van der Waals surface area contributed by atoms with E-state index in [2.05, 4.69) is 33.4 Å². The van der Waals surface area contributed by atoms with E-state index in [4.69, 9.17) is 12.2 Å². The van der Waals surface area contributed by atoms with E-state index in [9.17, 15) is 4.39 Å². The Kier molecular flexibility index (Phi) is 5.36. The van der Waals surface area contributed by atoms with E-state index >= 15 is 0 Å². The molecule has 0 unspecified atom stereocenters. The number of benzene rings is 2. The fourth-order valence-electron chi connectivity index (χ4n) is 1.69. The Morgan fingerprint density at radius 3 is 2.79 bits per heavy atom. The lowest BCUT2D eigenvalue weighted by atomic mass is 10.1. The van der Waals surface area contributed by atoms with Crippen LogP contribution in [0.5, 0.6) is 0 Å². The first-order valence-electron chi connectivity index (χ1n) is 5.57. The Balaban J connectivity index is 2.11. The summed E-state index contributed by atoms with van der Waals surface area (Å²) in [5.41, 5.74) is 0.976. The van der Waals surface area contributed by atoms with Gasteiger partial charge < -0.3 is 5.32 Å². The topological polar surface area (TPSA) is 12.0 Å². The van der Waals surface area contributed by atoms with E-state index in [-0.39, 0.29) is 0 Å². The van der Waals surface area contributed by atoms with Crippen molar-refractivity contribution in [3.05, 3.63) is 52.6 Å². The van der Waals surface area contributed by atoms with Gasteiger partial charge >= 0.3 is 0 Å². The summed E-state index contributed by atoms with van der Waals surface area (Å²) in [5, 5.41) is 5.49. The molecule has 2 aromatic rings. The highest BCUT2D eigenvalue weighted by molar-refractivity contribution is 9.14. The zero-order chi connectivity index (χ0) is 13.7. The monoisotopic (exact) mass is 355 g/mol. The quantitative estimate of drug-likeness (QED) is 0.729. The van der Waals surface area contributed by atoms with Gasteiger partial charge in [0.2, 0.25) is 0 Å². The number of fused-ring (bicyclic) bond motifs is 1. The number of halogens is 2. The fraction of sp³-hybridized carbons (Fsp3) is 0.0714. The molecule has 2 rings (SSSR count). The molecule has 1 nitrogen and oxygen atoms in total. The molecule has 0 aliphatic rings. The van der Waals surface area contributed by atoms with Crippen LogP contribution >= 0.6 is 39.9 Å². The molecule has 0 saturated heterocycles. The minimum atomic E-state index is 0.439. The van der Waals surface area contributed by atoms with Gasteiger partial charge in [-0.2, -0.15) is 0 Å². The maximum absolute atomic E-state index is 12.2. The van der Waals surface area contributed by atoms with Crippen LogP contribution in [0.25, 0.3) is 10.8 Å². The van der Waals surface area contributed by atoms with Crippen molar-refractivity contribution in [1.29, 1.82) is 0 Å². The van der Waals surface area contributed by atoms with Crippen LogP contribution in [0.3, 0.4) is 0 Å².